The van der Waals surface area contributed by atoms with Gasteiger partial charge in [-0.05, 0) is 24.0 Å². The predicted molar refractivity (Wildman–Crippen MR) is 97.5 cm³/mol. The van der Waals surface area contributed by atoms with Crippen molar-refractivity contribution in [3.8, 4) is 0 Å². The average molecular weight is 323 g/mol. The van der Waals surface area contributed by atoms with E-state index in [1.54, 1.807) is 7.11 Å². The Morgan fingerprint density at radius 1 is 1.17 bits per heavy atom. The fraction of sp³-hybridized carbons (Fsp3) is 0.381. The van der Waals surface area contributed by atoms with Crippen LogP contribution in [0.5, 0.6) is 0 Å². The lowest BCUT2D eigenvalue weighted by Gasteiger charge is -2.26. The lowest BCUT2D eigenvalue weighted by Crippen LogP contribution is -2.25. The minimum absolute atomic E-state index is 0.0254. The van der Waals surface area contributed by atoms with Crippen molar-refractivity contribution in [1.29, 1.82) is 0 Å². The number of ether oxygens (including phenoxy) is 1. The van der Waals surface area contributed by atoms with Gasteiger partial charge in [0.1, 0.15) is 0 Å². The highest BCUT2D eigenvalue weighted by Crippen LogP contribution is 2.36. The SMILES string of the molecule is COC1C=Cc2c(C(=O)c3ccccc3)c(C(C)(C)C)cn2C1C. The lowest BCUT2D eigenvalue weighted by atomic mass is 9.83. The molecule has 0 saturated carbocycles. The largest absolute Gasteiger partial charge is 0.375 e. The zero-order valence-corrected chi connectivity index (χ0v) is 15.0. The second-order valence-corrected chi connectivity index (χ2v) is 7.46. The molecule has 0 bridgehead atoms. The molecule has 2 unspecified atom stereocenters. The first kappa shape index (κ1) is 16.7. The van der Waals surface area contributed by atoms with Crippen molar-refractivity contribution in [3.63, 3.8) is 0 Å². The smallest absolute Gasteiger partial charge is 0.195 e. The van der Waals surface area contributed by atoms with Gasteiger partial charge in [-0.2, -0.15) is 0 Å². The molecular formula is C21H25NO2. The molecule has 1 aromatic heterocycles. The van der Waals surface area contributed by atoms with Crippen LogP contribution < -0.4 is 0 Å². The Balaban J connectivity index is 2.20. The van der Waals surface area contributed by atoms with Gasteiger partial charge in [-0.3, -0.25) is 4.79 Å². The van der Waals surface area contributed by atoms with E-state index in [2.05, 4.69) is 38.5 Å². The molecule has 2 atom stereocenters. The molecule has 3 nitrogen and oxygen atoms in total. The second kappa shape index (κ2) is 6.06. The molecule has 0 amide bonds. The maximum absolute atomic E-state index is 13.2. The molecule has 0 aliphatic carbocycles. The highest BCUT2D eigenvalue weighted by atomic mass is 16.5. The highest BCUT2D eigenvalue weighted by molar-refractivity contribution is 6.12. The van der Waals surface area contributed by atoms with Crippen molar-refractivity contribution in [3.05, 3.63) is 65.0 Å². The number of nitrogens with zero attached hydrogens (tertiary/aromatic N) is 1. The van der Waals surface area contributed by atoms with Crippen molar-refractivity contribution in [2.24, 2.45) is 0 Å². The molecule has 1 aromatic carbocycles. The molecule has 126 valence electrons. The van der Waals surface area contributed by atoms with Crippen LogP contribution in [-0.4, -0.2) is 23.6 Å². The summed E-state index contributed by atoms with van der Waals surface area (Å²) in [5.41, 5.74) is 3.49. The van der Waals surface area contributed by atoms with Crippen LogP contribution in [0.4, 0.5) is 0 Å². The molecule has 3 heteroatoms. The van der Waals surface area contributed by atoms with Gasteiger partial charge in [-0.15, -0.1) is 0 Å². The number of carbonyl (C=O) groups excluding carboxylic acids is 1. The van der Waals surface area contributed by atoms with Gasteiger partial charge in [-0.25, -0.2) is 0 Å². The molecule has 2 aromatic rings. The second-order valence-electron chi connectivity index (χ2n) is 7.46. The first-order valence-electron chi connectivity index (χ1n) is 8.40. The number of rotatable bonds is 3. The molecule has 0 spiro atoms. The minimum Gasteiger partial charge on any atom is -0.375 e. The Morgan fingerprint density at radius 3 is 2.42 bits per heavy atom. The minimum atomic E-state index is -0.111. The summed E-state index contributed by atoms with van der Waals surface area (Å²) in [6, 6.07) is 9.67. The molecule has 0 fully saturated rings. The summed E-state index contributed by atoms with van der Waals surface area (Å²) in [7, 11) is 1.72. The van der Waals surface area contributed by atoms with Crippen LogP contribution in [0.3, 0.4) is 0 Å². The zero-order chi connectivity index (χ0) is 17.5. The van der Waals surface area contributed by atoms with E-state index in [9.17, 15) is 4.79 Å². The molecule has 0 N–H and O–H groups in total. The molecule has 3 rings (SSSR count). The van der Waals surface area contributed by atoms with E-state index >= 15 is 0 Å². The summed E-state index contributed by atoms with van der Waals surface area (Å²) < 4.78 is 7.73. The Kier molecular flexibility index (Phi) is 4.22. The lowest BCUT2D eigenvalue weighted by molar-refractivity contribution is 0.0975. The summed E-state index contributed by atoms with van der Waals surface area (Å²) in [6.07, 6.45) is 6.23. The number of ketones is 1. The van der Waals surface area contributed by atoms with Gasteiger partial charge in [-0.1, -0.05) is 57.2 Å². The Hall–Kier alpha value is -2.13. The van der Waals surface area contributed by atoms with Crippen LogP contribution in [0.15, 0.2) is 42.6 Å². The van der Waals surface area contributed by atoms with Crippen molar-refractivity contribution >= 4 is 11.9 Å². The van der Waals surface area contributed by atoms with Gasteiger partial charge >= 0.3 is 0 Å². The summed E-state index contributed by atoms with van der Waals surface area (Å²) in [6.45, 7) is 8.58. The van der Waals surface area contributed by atoms with Crippen LogP contribution >= 0.6 is 0 Å². The molecule has 1 aliphatic rings. The maximum atomic E-state index is 13.2. The fourth-order valence-corrected chi connectivity index (χ4v) is 3.37. The van der Waals surface area contributed by atoms with Crippen LogP contribution in [0, 0.1) is 0 Å². The number of benzene rings is 1. The summed E-state index contributed by atoms with van der Waals surface area (Å²) in [4.78, 5) is 13.2. The van der Waals surface area contributed by atoms with Gasteiger partial charge in [0.25, 0.3) is 0 Å². The maximum Gasteiger partial charge on any atom is 0.195 e. The number of hydrogen-bond acceptors (Lipinski definition) is 2. The Bertz CT molecular complexity index is 778. The predicted octanol–water partition coefficient (Wildman–Crippen LogP) is 4.62. The number of fused-ring (bicyclic) bond motifs is 1. The number of methoxy groups -OCH3 is 1. The molecular weight excluding hydrogens is 298 g/mol. The Morgan fingerprint density at radius 2 is 1.83 bits per heavy atom. The fourth-order valence-electron chi connectivity index (χ4n) is 3.37. The van der Waals surface area contributed by atoms with Crippen LogP contribution in [-0.2, 0) is 10.2 Å². The highest BCUT2D eigenvalue weighted by Gasteiger charge is 2.32. The van der Waals surface area contributed by atoms with Gasteiger partial charge in [0.15, 0.2) is 5.78 Å². The summed E-state index contributed by atoms with van der Waals surface area (Å²) in [5.74, 6) is 0.0852. The monoisotopic (exact) mass is 323 g/mol. The van der Waals surface area contributed by atoms with Gasteiger partial charge < -0.3 is 9.30 Å². The molecule has 0 radical (unpaired) electrons. The van der Waals surface area contributed by atoms with E-state index in [1.165, 1.54) is 0 Å². The van der Waals surface area contributed by atoms with E-state index in [0.717, 1.165) is 22.4 Å². The average Bonchev–Trinajstić information content (AvgIpc) is 2.96. The van der Waals surface area contributed by atoms with Gasteiger partial charge in [0, 0.05) is 18.9 Å². The molecule has 2 heterocycles. The van der Waals surface area contributed by atoms with E-state index in [1.807, 2.05) is 42.5 Å². The standard InChI is InChI=1S/C21H25NO2/c1-14-18(24-5)12-11-17-19(16(13-22(14)17)21(2,3)4)20(23)15-9-7-6-8-10-15/h6-14,18H,1-5H3. The van der Waals surface area contributed by atoms with Crippen LogP contribution in [0.2, 0.25) is 0 Å². The molecule has 24 heavy (non-hydrogen) atoms. The number of aromatic nitrogens is 1. The van der Waals surface area contributed by atoms with E-state index in [-0.39, 0.29) is 23.3 Å². The first-order chi connectivity index (χ1) is 11.3. The Labute approximate surface area is 144 Å². The normalized spacial score (nSPS) is 20.0. The van der Waals surface area contributed by atoms with Crippen LogP contribution in [0.25, 0.3) is 6.08 Å². The number of carbonyl (C=O) groups is 1. The third kappa shape index (κ3) is 2.73. The topological polar surface area (TPSA) is 31.2 Å². The third-order valence-electron chi connectivity index (χ3n) is 4.77. The third-order valence-corrected chi connectivity index (χ3v) is 4.77. The number of hydrogen-bond donors (Lipinski definition) is 0. The van der Waals surface area contributed by atoms with E-state index in [0.29, 0.717) is 0 Å². The van der Waals surface area contributed by atoms with E-state index < -0.39 is 0 Å². The van der Waals surface area contributed by atoms with Crippen molar-refractivity contribution in [2.45, 2.75) is 45.3 Å². The quantitative estimate of drug-likeness (QED) is 0.772. The van der Waals surface area contributed by atoms with E-state index in [4.69, 9.17) is 4.74 Å². The van der Waals surface area contributed by atoms with Gasteiger partial charge in [0.05, 0.1) is 23.4 Å². The van der Waals surface area contributed by atoms with Crippen LogP contribution in [0.1, 0.15) is 60.9 Å². The van der Waals surface area contributed by atoms with Crippen molar-refractivity contribution in [2.75, 3.05) is 7.11 Å². The van der Waals surface area contributed by atoms with Crippen molar-refractivity contribution in [1.82, 2.24) is 4.57 Å². The summed E-state index contributed by atoms with van der Waals surface area (Å²) >= 11 is 0. The molecule has 1 aliphatic heterocycles. The van der Waals surface area contributed by atoms with Crippen molar-refractivity contribution < 1.29 is 9.53 Å². The summed E-state index contributed by atoms with van der Waals surface area (Å²) in [5, 5.41) is 0. The zero-order valence-electron chi connectivity index (χ0n) is 15.0. The molecule has 0 saturated heterocycles. The first-order valence-corrected chi connectivity index (χ1v) is 8.40. The van der Waals surface area contributed by atoms with Gasteiger partial charge in [0.2, 0.25) is 0 Å².